The fourth-order valence-electron chi connectivity index (χ4n) is 18.9. The zero-order chi connectivity index (χ0) is 72.6. The van der Waals surface area contributed by atoms with E-state index in [0.717, 1.165) is 189 Å². The molecule has 4 bridgehead atoms. The number of para-hydroxylation sites is 1. The third-order valence-corrected chi connectivity index (χ3v) is 24.9. The molecule has 5 N–H and O–H groups in total. The molecule has 6 fully saturated rings. The van der Waals surface area contributed by atoms with Crippen molar-refractivity contribution in [3.63, 3.8) is 0 Å². The number of thiazole rings is 2. The molecular weight excluding hydrogens is 1340 g/mol. The molecule has 5 aromatic heterocycles. The molecule has 2 unspecified atom stereocenters. The minimum atomic E-state index is -1.10. The first-order valence-corrected chi connectivity index (χ1v) is 39.2. The first kappa shape index (κ1) is 73.5. The number of carboxylic acids is 1. The Hall–Kier alpha value is -7.77. The van der Waals surface area contributed by atoms with E-state index in [1.165, 1.54) is 11.3 Å². The Balaban J connectivity index is 0.517. The summed E-state index contributed by atoms with van der Waals surface area (Å²) in [5, 5.41) is 46.1. The molecule has 550 valence electrons. The third kappa shape index (κ3) is 16.4. The van der Waals surface area contributed by atoms with Crippen LogP contribution in [0.25, 0.3) is 31.8 Å². The zero-order valence-electron chi connectivity index (χ0n) is 61.6. The highest BCUT2D eigenvalue weighted by Crippen LogP contribution is 2.72. The lowest BCUT2D eigenvalue weighted by molar-refractivity contribution is -0.249. The van der Waals surface area contributed by atoms with E-state index in [1.807, 2.05) is 118 Å². The van der Waals surface area contributed by atoms with E-state index in [-0.39, 0.29) is 70.2 Å². The van der Waals surface area contributed by atoms with Gasteiger partial charge in [-0.05, 0) is 149 Å². The second-order valence-corrected chi connectivity index (χ2v) is 34.5. The molecule has 0 radical (unpaired) electrons. The number of nitrogens with one attached hydrogen (secondary N) is 3. The van der Waals surface area contributed by atoms with Crippen molar-refractivity contribution in [3.8, 4) is 21.6 Å². The highest BCUT2D eigenvalue weighted by atomic mass is 32.1. The number of hydrogen-bond acceptors (Lipinski definition) is 18. The highest BCUT2D eigenvalue weighted by molar-refractivity contribution is 7.22. The van der Waals surface area contributed by atoms with Gasteiger partial charge in [0.2, 0.25) is 23.6 Å². The van der Waals surface area contributed by atoms with E-state index < -0.39 is 29.6 Å². The van der Waals surface area contributed by atoms with E-state index >= 15 is 0 Å². The zero-order valence-corrected chi connectivity index (χ0v) is 63.2. The van der Waals surface area contributed by atoms with Crippen LogP contribution in [0.1, 0.15) is 202 Å². The minimum absolute atomic E-state index is 0.0220. The molecule has 4 amide bonds. The van der Waals surface area contributed by atoms with Crippen LogP contribution in [0.5, 0.6) is 0 Å². The number of aromatic carboxylic acids is 1. The van der Waals surface area contributed by atoms with Crippen LogP contribution in [-0.2, 0) is 36.9 Å². The van der Waals surface area contributed by atoms with Gasteiger partial charge in [0.25, 0.3) is 0 Å². The molecule has 4 saturated carbocycles. The number of anilines is 4. The van der Waals surface area contributed by atoms with Gasteiger partial charge in [-0.2, -0.15) is 5.10 Å². The second kappa shape index (κ2) is 30.4. The summed E-state index contributed by atoms with van der Waals surface area (Å²) >= 11 is 3.15. The predicted molar refractivity (Wildman–Crippen MR) is 403 cm³/mol. The Bertz CT molecular complexity index is 4200. The fourth-order valence-corrected chi connectivity index (χ4v) is 20.6. The number of ether oxygens (including phenoxy) is 1. The van der Waals surface area contributed by atoms with Gasteiger partial charge in [-0.15, -0.1) is 21.5 Å². The van der Waals surface area contributed by atoms with Crippen molar-refractivity contribution in [2.45, 2.75) is 221 Å². The summed E-state index contributed by atoms with van der Waals surface area (Å²) in [6.45, 7) is 24.6. The summed E-state index contributed by atoms with van der Waals surface area (Å²) in [5.41, 5.74) is 9.33. The number of amides is 4. The number of carboxylic acid groups (broad SMARTS) is 1. The molecular formula is C79H104N14O8S2. The number of hydrogen-bond donors (Lipinski definition) is 5. The number of likely N-dealkylation sites (tertiary alicyclic amines) is 1. The fraction of sp³-hybridized carbons (Fsp3) is 0.582. The Morgan fingerprint density at radius 2 is 1.50 bits per heavy atom. The Labute approximate surface area is 613 Å². The van der Waals surface area contributed by atoms with Crippen LogP contribution in [0.3, 0.4) is 0 Å². The lowest BCUT2D eigenvalue weighted by Crippen LogP contribution is -2.64. The number of piperazine rings is 1. The molecule has 4 aliphatic carbocycles. The highest BCUT2D eigenvalue weighted by Gasteiger charge is 2.66. The summed E-state index contributed by atoms with van der Waals surface area (Å²) in [5.74, 6) is 0.101. The number of pyridine rings is 1. The van der Waals surface area contributed by atoms with Crippen LogP contribution in [0.15, 0.2) is 72.4 Å². The van der Waals surface area contributed by atoms with E-state index in [1.54, 1.807) is 22.7 Å². The smallest absolute Gasteiger partial charge is 0.355 e. The molecule has 24 heteroatoms. The number of aromatic nitrogens is 7. The Morgan fingerprint density at radius 1 is 0.786 bits per heavy atom. The number of carbonyl (C=O) groups excluding carboxylic acids is 4. The molecule has 22 nitrogen and oxygen atoms in total. The number of rotatable bonds is 28. The average Bonchev–Trinajstić information content (AvgIpc) is 1.05. The van der Waals surface area contributed by atoms with E-state index in [0.29, 0.717) is 55.4 Å². The molecule has 6 atom stereocenters. The van der Waals surface area contributed by atoms with Gasteiger partial charge < -0.3 is 45.6 Å². The summed E-state index contributed by atoms with van der Waals surface area (Å²) in [6.07, 6.45) is 17.8. The molecule has 8 heterocycles. The average molecular weight is 1440 g/mol. The topological polar surface area (TPSA) is 266 Å². The van der Waals surface area contributed by atoms with Crippen molar-refractivity contribution in [1.29, 1.82) is 0 Å². The van der Waals surface area contributed by atoms with Gasteiger partial charge in [0, 0.05) is 99.6 Å². The quantitative estimate of drug-likeness (QED) is 0.0285. The van der Waals surface area contributed by atoms with Gasteiger partial charge in [-0.1, -0.05) is 121 Å². The van der Waals surface area contributed by atoms with Crippen molar-refractivity contribution in [3.05, 3.63) is 106 Å². The molecule has 7 aliphatic rings. The van der Waals surface area contributed by atoms with Crippen molar-refractivity contribution in [2.75, 3.05) is 62.6 Å². The maximum atomic E-state index is 14.2. The number of aryl methyl sites for hydroxylation is 1. The maximum Gasteiger partial charge on any atom is 0.355 e. The van der Waals surface area contributed by atoms with E-state index in [9.17, 15) is 34.2 Å². The van der Waals surface area contributed by atoms with Crippen molar-refractivity contribution in [1.82, 2.24) is 60.3 Å². The van der Waals surface area contributed by atoms with Crippen molar-refractivity contribution in [2.24, 2.45) is 21.7 Å². The normalized spacial score (nSPS) is 23.8. The molecule has 3 aliphatic heterocycles. The summed E-state index contributed by atoms with van der Waals surface area (Å²) in [6, 6.07) is 17.8. The molecule has 14 rings (SSSR count). The number of benzene rings is 2. The first-order valence-electron chi connectivity index (χ1n) is 37.5. The largest absolute Gasteiger partial charge is 0.476 e. The van der Waals surface area contributed by atoms with Gasteiger partial charge in [0.05, 0.1) is 56.8 Å². The van der Waals surface area contributed by atoms with Gasteiger partial charge in [0.1, 0.15) is 17.9 Å². The number of unbranched alkanes of at least 4 members (excludes halogenated alkanes) is 7. The number of aliphatic hydroxyl groups excluding tert-OH is 1. The molecule has 103 heavy (non-hydrogen) atoms. The minimum Gasteiger partial charge on any atom is -0.476 e. The van der Waals surface area contributed by atoms with Gasteiger partial charge >= 0.3 is 5.97 Å². The molecule has 0 spiro atoms. The van der Waals surface area contributed by atoms with Crippen LogP contribution in [0.4, 0.5) is 22.6 Å². The number of aliphatic hydroxyl groups is 1. The van der Waals surface area contributed by atoms with E-state index in [2.05, 4.69) is 62.5 Å². The third-order valence-electron chi connectivity index (χ3n) is 22.9. The second-order valence-electron chi connectivity index (χ2n) is 32.7. The van der Waals surface area contributed by atoms with Crippen LogP contribution >= 0.6 is 22.7 Å². The summed E-state index contributed by atoms with van der Waals surface area (Å²) in [4.78, 5) is 91.0. The van der Waals surface area contributed by atoms with Gasteiger partial charge in [0.15, 0.2) is 22.5 Å². The number of fused-ring (bicyclic) bond motifs is 2. The van der Waals surface area contributed by atoms with E-state index in [4.69, 9.17) is 24.9 Å². The SMILES string of the molecule is Cc1ncsc1-c1ccc([C@H](C)NC(=O)[C@@H]2C[C@@H](O)CN2C(=O)[C@@H](NC(=O)CCCCCCCCCCC(=O)N2CCN(CCOC34CC5(C)CC(C)(CC(Cn6ncc(-c7ccc(N8CCCc9c8nnc(Nc8nc%10ccccc%10s8)c9C)nc7C(=O)O)c6C)(C5)C3)C4)CC2)C(C)(C)C)cc1. The monoisotopic (exact) mass is 1440 g/mol. The van der Waals surface area contributed by atoms with Crippen molar-refractivity contribution >= 4 is 85.1 Å². The molecule has 7 aromatic rings. The number of carbonyl (C=O) groups is 5. The Kier molecular flexibility index (Phi) is 21.7. The lowest BCUT2D eigenvalue weighted by Gasteiger charge is -2.69. The predicted octanol–water partition coefficient (Wildman–Crippen LogP) is 13.5. The summed E-state index contributed by atoms with van der Waals surface area (Å²) < 4.78 is 10.4. The lowest BCUT2D eigenvalue weighted by atomic mass is 9.39. The first-order chi connectivity index (χ1) is 49.3. The number of β-amino-alcohol motifs (C(OH)–C–C–N with tert-alkyl or cyclic N) is 1. The van der Waals surface area contributed by atoms with Crippen LogP contribution in [0.2, 0.25) is 0 Å². The molecule has 2 saturated heterocycles. The van der Waals surface area contributed by atoms with Crippen LogP contribution in [0, 0.1) is 42.4 Å². The molecule has 2 aromatic carbocycles. The maximum absolute atomic E-state index is 14.2. The van der Waals surface area contributed by atoms with Gasteiger partial charge in [-0.3, -0.25) is 28.8 Å². The number of nitrogens with zero attached hydrogens (tertiary/aromatic N) is 11. The standard InChI is InChI=1S/C79H104N14O8S2/c1-50-57-21-20-32-91(70(57)88-87-69(50)86-74-83-60-22-18-19-23-62(60)103-74)63-31-30-58(66(84-63)73(99)100)59-40-81-93(53(59)4)48-78-43-76(8)42-77(9,44-78)46-79(45-76,47-78)101-38-37-89-33-35-90(36-34-89)65(96)25-17-15-13-11-10-12-14-16-24-64(95)85-68(75(5,6)7)72(98)92-41-56(94)39-61(92)71(97)82-51(2)54-26-28-55(29-27-54)67-52(3)80-49-102-67/h18-19,22-23,26-31,40,49,51,56,61,68,94H,10-17,20-21,24-25,32-39,41-48H2,1-9H3,(H,82,97)(H,85,95)(H,99,100)(H,83,86,87)/t51-,56+,61-,68+,76?,77?,78?,79?/m0/s1. The van der Waals surface area contributed by atoms with Crippen molar-refractivity contribution < 1.29 is 38.9 Å². The van der Waals surface area contributed by atoms with Crippen LogP contribution < -0.4 is 20.9 Å². The van der Waals surface area contributed by atoms with Crippen LogP contribution in [-0.4, -0.2) is 166 Å². The Morgan fingerprint density at radius 3 is 2.18 bits per heavy atom. The summed E-state index contributed by atoms with van der Waals surface area (Å²) in [7, 11) is 0. The van der Waals surface area contributed by atoms with Gasteiger partial charge in [-0.25, -0.2) is 19.7 Å².